The van der Waals surface area contributed by atoms with Gasteiger partial charge in [-0.25, -0.2) is 4.79 Å². The maximum absolute atomic E-state index is 12.0. The van der Waals surface area contributed by atoms with E-state index in [1.165, 1.54) is 0 Å². The number of quaternary nitrogens is 1. The second-order valence-corrected chi connectivity index (χ2v) is 6.68. The van der Waals surface area contributed by atoms with Gasteiger partial charge in [-0.05, 0) is 12.0 Å². The minimum atomic E-state index is -1.31. The summed E-state index contributed by atoms with van der Waals surface area (Å²) in [6.45, 7) is 1.81. The topological polar surface area (TPSA) is 115 Å². The highest BCUT2D eigenvalue weighted by molar-refractivity contribution is 6.22. The number of aliphatic carboxylic acids is 1. The van der Waals surface area contributed by atoms with E-state index in [4.69, 9.17) is 0 Å². The van der Waals surface area contributed by atoms with E-state index in [0.717, 1.165) is 0 Å². The van der Waals surface area contributed by atoms with Crippen molar-refractivity contribution < 1.29 is 28.8 Å². The molecule has 1 aliphatic heterocycles. The summed E-state index contributed by atoms with van der Waals surface area (Å²) in [6.07, 6.45) is 0.294. The van der Waals surface area contributed by atoms with Crippen LogP contribution in [0.4, 0.5) is 4.79 Å². The molecular formula is C17H23N3O5. The number of rotatable bonds is 4. The molecule has 25 heavy (non-hydrogen) atoms. The van der Waals surface area contributed by atoms with Gasteiger partial charge in [-0.15, -0.1) is 0 Å². The number of barbiturate groups is 1. The molecule has 1 aromatic rings. The number of carboxylic acid groups (broad SMARTS) is 1. The maximum atomic E-state index is 12.0. The van der Waals surface area contributed by atoms with Crippen molar-refractivity contribution in [3.8, 4) is 0 Å². The first-order valence-electron chi connectivity index (χ1n) is 7.75. The van der Waals surface area contributed by atoms with Crippen molar-refractivity contribution in [2.45, 2.75) is 18.8 Å². The smallest absolute Gasteiger partial charge is 0.328 e. The molecular weight excluding hydrogens is 326 g/mol. The molecule has 1 aliphatic rings. The Balaban J connectivity index is 0.000000333. The van der Waals surface area contributed by atoms with E-state index in [0.29, 0.717) is 16.5 Å². The lowest BCUT2D eigenvalue weighted by molar-refractivity contribution is -0.864. The Labute approximate surface area is 146 Å². The van der Waals surface area contributed by atoms with Crippen molar-refractivity contribution in [3.63, 3.8) is 0 Å². The average molecular weight is 349 g/mol. The van der Waals surface area contributed by atoms with E-state index in [2.05, 4.69) is 10.6 Å². The SMILES string of the molecule is CCC1(c2ccccc2)C(=O)NC(=O)NC1=O.C[N+](C)(C)CC(=O)[O-]. The lowest BCUT2D eigenvalue weighted by Crippen LogP contribution is -2.64. The third kappa shape index (κ3) is 5.12. The summed E-state index contributed by atoms with van der Waals surface area (Å²) >= 11 is 0. The van der Waals surface area contributed by atoms with Gasteiger partial charge in [0.25, 0.3) is 0 Å². The largest absolute Gasteiger partial charge is 0.544 e. The molecule has 8 nitrogen and oxygen atoms in total. The summed E-state index contributed by atoms with van der Waals surface area (Å²) in [5.74, 6) is -2.14. The summed E-state index contributed by atoms with van der Waals surface area (Å²) in [4.78, 5) is 44.9. The number of urea groups is 1. The monoisotopic (exact) mass is 349 g/mol. The molecule has 4 amide bonds. The first-order valence-corrected chi connectivity index (χ1v) is 7.75. The van der Waals surface area contributed by atoms with Crippen molar-refractivity contribution in [2.24, 2.45) is 0 Å². The number of nitrogens with one attached hydrogen (secondary N) is 2. The highest BCUT2D eigenvalue weighted by atomic mass is 16.4. The number of hydrogen-bond acceptors (Lipinski definition) is 5. The Kier molecular flexibility index (Phi) is 6.41. The van der Waals surface area contributed by atoms with Crippen LogP contribution in [0.3, 0.4) is 0 Å². The first kappa shape index (κ1) is 20.3. The summed E-state index contributed by atoms with van der Waals surface area (Å²) < 4.78 is 0.419. The number of hydrogen-bond donors (Lipinski definition) is 2. The molecule has 8 heteroatoms. The molecule has 0 saturated carbocycles. The number of carboxylic acids is 1. The summed E-state index contributed by atoms with van der Waals surface area (Å²) in [6, 6.07) is 7.96. The van der Waals surface area contributed by atoms with Gasteiger partial charge in [0.05, 0.1) is 27.1 Å². The molecule has 0 bridgehead atoms. The number of carbonyl (C=O) groups excluding carboxylic acids is 4. The first-order chi connectivity index (χ1) is 11.5. The zero-order chi connectivity index (χ0) is 19.3. The van der Waals surface area contributed by atoms with Crippen molar-refractivity contribution in [2.75, 3.05) is 27.7 Å². The summed E-state index contributed by atoms with van der Waals surface area (Å²) in [5.41, 5.74) is -0.722. The van der Waals surface area contributed by atoms with Crippen LogP contribution in [-0.2, 0) is 19.8 Å². The fourth-order valence-corrected chi connectivity index (χ4v) is 2.45. The molecule has 1 saturated heterocycles. The molecule has 1 aromatic carbocycles. The van der Waals surface area contributed by atoms with E-state index in [1.54, 1.807) is 58.4 Å². The Bertz CT molecular complexity index is 645. The van der Waals surface area contributed by atoms with Gasteiger partial charge in [-0.1, -0.05) is 37.3 Å². The molecule has 0 aliphatic carbocycles. The predicted octanol–water partition coefficient (Wildman–Crippen LogP) is -0.857. The third-order valence-electron chi connectivity index (χ3n) is 3.63. The van der Waals surface area contributed by atoms with Gasteiger partial charge in [0, 0.05) is 0 Å². The summed E-state index contributed by atoms with van der Waals surface area (Å²) in [7, 11) is 5.40. The number of amides is 4. The van der Waals surface area contributed by atoms with Gasteiger partial charge in [-0.3, -0.25) is 20.2 Å². The van der Waals surface area contributed by atoms with Crippen molar-refractivity contribution >= 4 is 23.8 Å². The van der Waals surface area contributed by atoms with Crippen LogP contribution in [0.1, 0.15) is 18.9 Å². The normalized spacial score (nSPS) is 16.2. The van der Waals surface area contributed by atoms with Crippen LogP contribution in [0.2, 0.25) is 0 Å². The molecule has 2 rings (SSSR count). The summed E-state index contributed by atoms with van der Waals surface area (Å²) in [5, 5.41) is 14.2. The quantitative estimate of drug-likeness (QED) is 0.542. The van der Waals surface area contributed by atoms with Gasteiger partial charge < -0.3 is 14.4 Å². The molecule has 1 fully saturated rings. The van der Waals surface area contributed by atoms with Gasteiger partial charge in [-0.2, -0.15) is 0 Å². The second-order valence-electron chi connectivity index (χ2n) is 6.68. The van der Waals surface area contributed by atoms with E-state index in [1.807, 2.05) is 0 Å². The zero-order valence-electron chi connectivity index (χ0n) is 14.8. The lowest BCUT2D eigenvalue weighted by Gasteiger charge is -2.33. The van der Waals surface area contributed by atoms with Crippen LogP contribution in [0.15, 0.2) is 30.3 Å². The Hall–Kier alpha value is -2.74. The van der Waals surface area contributed by atoms with E-state index < -0.39 is 29.2 Å². The maximum Gasteiger partial charge on any atom is 0.328 e. The number of carbonyl (C=O) groups is 4. The molecule has 0 spiro atoms. The number of imide groups is 2. The molecule has 0 radical (unpaired) electrons. The van der Waals surface area contributed by atoms with Gasteiger partial charge in [0.1, 0.15) is 6.54 Å². The van der Waals surface area contributed by atoms with E-state index in [9.17, 15) is 24.3 Å². The van der Waals surface area contributed by atoms with Gasteiger partial charge >= 0.3 is 6.03 Å². The Morgan fingerprint density at radius 2 is 1.52 bits per heavy atom. The van der Waals surface area contributed by atoms with Crippen molar-refractivity contribution in [3.05, 3.63) is 35.9 Å². The molecule has 1 heterocycles. The number of likely N-dealkylation sites (N-methyl/N-ethyl adjacent to an activating group) is 1. The molecule has 0 atom stereocenters. The highest BCUT2D eigenvalue weighted by Gasteiger charge is 2.50. The number of benzene rings is 1. The van der Waals surface area contributed by atoms with Crippen LogP contribution in [-0.4, -0.2) is 56.0 Å². The minimum Gasteiger partial charge on any atom is -0.544 e. The highest BCUT2D eigenvalue weighted by Crippen LogP contribution is 2.30. The minimum absolute atomic E-state index is 0.0694. The average Bonchev–Trinajstić information content (AvgIpc) is 2.46. The third-order valence-corrected chi connectivity index (χ3v) is 3.63. The molecule has 0 aromatic heterocycles. The van der Waals surface area contributed by atoms with E-state index in [-0.39, 0.29) is 6.54 Å². The molecule has 136 valence electrons. The Morgan fingerprint density at radius 3 is 1.84 bits per heavy atom. The van der Waals surface area contributed by atoms with Crippen LogP contribution >= 0.6 is 0 Å². The Morgan fingerprint density at radius 1 is 1.04 bits per heavy atom. The van der Waals surface area contributed by atoms with Crippen LogP contribution in [0.5, 0.6) is 0 Å². The van der Waals surface area contributed by atoms with Gasteiger partial charge in [0.2, 0.25) is 11.8 Å². The predicted molar refractivity (Wildman–Crippen MR) is 88.0 cm³/mol. The standard InChI is InChI=1S/C12H12N2O3.C5H11NO2/c1-2-12(8-6-4-3-5-7-8)9(15)13-11(17)14-10(12)16;1-6(2,3)4-5(7)8/h3-7H,2H2,1H3,(H2,13,14,15,16,17);4H2,1-3H3. The van der Waals surface area contributed by atoms with Gasteiger partial charge in [0.15, 0.2) is 5.41 Å². The molecule has 2 N–H and O–H groups in total. The molecule has 0 unspecified atom stereocenters. The zero-order valence-corrected chi connectivity index (χ0v) is 14.8. The fourth-order valence-electron chi connectivity index (χ4n) is 2.45. The lowest BCUT2D eigenvalue weighted by atomic mass is 9.75. The van der Waals surface area contributed by atoms with Crippen molar-refractivity contribution in [1.29, 1.82) is 0 Å². The second kappa shape index (κ2) is 7.89. The van der Waals surface area contributed by atoms with Crippen LogP contribution in [0, 0.1) is 0 Å². The van der Waals surface area contributed by atoms with Crippen LogP contribution in [0.25, 0.3) is 0 Å². The number of nitrogens with zero attached hydrogens (tertiary/aromatic N) is 1. The van der Waals surface area contributed by atoms with Crippen molar-refractivity contribution in [1.82, 2.24) is 10.6 Å². The fraction of sp³-hybridized carbons (Fsp3) is 0.412. The van der Waals surface area contributed by atoms with Crippen LogP contribution < -0.4 is 15.7 Å². The van der Waals surface area contributed by atoms with E-state index >= 15 is 0 Å².